The smallest absolute Gasteiger partial charge is 0.341 e. The molecule has 0 spiro atoms. The summed E-state index contributed by atoms with van der Waals surface area (Å²) in [5.41, 5.74) is 2.28. The second kappa shape index (κ2) is 8.84. The van der Waals surface area contributed by atoms with Crippen LogP contribution in [0.3, 0.4) is 0 Å². The van der Waals surface area contributed by atoms with Crippen LogP contribution in [0.25, 0.3) is 0 Å². The number of aromatic nitrogens is 2. The molecule has 1 aromatic carbocycles. The Morgan fingerprint density at radius 2 is 2.07 bits per heavy atom. The van der Waals surface area contributed by atoms with Crippen LogP contribution in [-0.2, 0) is 22.8 Å². The Hall–Kier alpha value is -2.24. The number of fused-ring (bicyclic) bond motifs is 1. The van der Waals surface area contributed by atoms with E-state index in [0.29, 0.717) is 25.2 Å². The van der Waals surface area contributed by atoms with E-state index in [1.54, 1.807) is 0 Å². The molecule has 0 radical (unpaired) electrons. The number of amides is 1. The van der Waals surface area contributed by atoms with Gasteiger partial charge in [-0.15, -0.1) is 12.4 Å². The molecule has 1 aliphatic heterocycles. The Bertz CT molecular complexity index is 965. The second-order valence-corrected chi connectivity index (χ2v) is 7.87. The fraction of sp³-hybridized carbons (Fsp3) is 0.375. The van der Waals surface area contributed by atoms with Gasteiger partial charge in [-0.3, -0.25) is 9.89 Å². The molecular weight excluding hydrogens is 416 g/mol. The molecule has 1 aliphatic rings. The zero-order valence-electron chi connectivity index (χ0n) is 14.9. The van der Waals surface area contributed by atoms with Gasteiger partial charge in [0.2, 0.25) is 9.84 Å². The summed E-state index contributed by atoms with van der Waals surface area (Å²) >= 11 is 0. The molecule has 0 aliphatic carbocycles. The summed E-state index contributed by atoms with van der Waals surface area (Å²) in [4.78, 5) is 12.1. The fourth-order valence-corrected chi connectivity index (χ4v) is 3.59. The van der Waals surface area contributed by atoms with Gasteiger partial charge >= 0.3 is 5.76 Å². The van der Waals surface area contributed by atoms with E-state index in [1.165, 1.54) is 6.07 Å². The first-order valence-electron chi connectivity index (χ1n) is 8.32. The fourth-order valence-electron chi connectivity index (χ4n) is 2.85. The monoisotopic (exact) mass is 435 g/mol. The largest absolute Gasteiger partial charge is 0.384 e. The molecule has 2 heterocycles. The lowest BCUT2D eigenvalue weighted by Gasteiger charge is -2.15. The summed E-state index contributed by atoms with van der Waals surface area (Å²) in [7, 11) is -4.78. The summed E-state index contributed by atoms with van der Waals surface area (Å²) in [5, 5.41) is 15.5. The number of nitrogens with one attached hydrogen (secondary N) is 4. The maximum atomic E-state index is 12.8. The number of hydrogen-bond donors (Lipinski definition) is 4. The molecule has 3 rings (SSSR count). The van der Waals surface area contributed by atoms with Crippen molar-refractivity contribution >= 4 is 39.5 Å². The molecule has 0 bridgehead atoms. The highest BCUT2D eigenvalue weighted by Gasteiger charge is 2.28. The highest BCUT2D eigenvalue weighted by Crippen LogP contribution is 2.29. The molecule has 0 saturated carbocycles. The van der Waals surface area contributed by atoms with Crippen LogP contribution >= 0.6 is 12.4 Å². The number of carbonyl (C=O) groups excluding carboxylic acids is 1. The number of alkyl halides is 2. The van der Waals surface area contributed by atoms with E-state index < -0.39 is 26.4 Å². The predicted octanol–water partition coefficient (Wildman–Crippen LogP) is 2.16. The SMILES string of the molecule is CCNc1ccc(S(=O)(=O)C(F)F)cc1NC(=O)c1n[nH]c2c1CNCC2.Cl. The Morgan fingerprint density at radius 1 is 1.32 bits per heavy atom. The van der Waals surface area contributed by atoms with Gasteiger partial charge in [0.05, 0.1) is 16.3 Å². The second-order valence-electron chi connectivity index (χ2n) is 5.95. The van der Waals surface area contributed by atoms with Crippen LogP contribution in [0, 0.1) is 0 Å². The number of carbonyl (C=O) groups is 1. The van der Waals surface area contributed by atoms with Gasteiger partial charge in [-0.2, -0.15) is 13.9 Å². The number of rotatable bonds is 6. The van der Waals surface area contributed by atoms with Crippen LogP contribution in [0.5, 0.6) is 0 Å². The van der Waals surface area contributed by atoms with Gasteiger partial charge in [-0.05, 0) is 25.1 Å². The summed E-state index contributed by atoms with van der Waals surface area (Å²) in [6, 6.07) is 3.44. The van der Waals surface area contributed by atoms with Crippen LogP contribution in [0.4, 0.5) is 20.2 Å². The molecule has 0 unspecified atom stereocenters. The number of aromatic amines is 1. The zero-order valence-corrected chi connectivity index (χ0v) is 16.5. The summed E-state index contributed by atoms with van der Waals surface area (Å²) in [6.07, 6.45) is 0.709. The molecule has 4 N–H and O–H groups in total. The first-order chi connectivity index (χ1) is 12.8. The Kier molecular flexibility index (Phi) is 6.96. The van der Waals surface area contributed by atoms with E-state index in [9.17, 15) is 22.0 Å². The van der Waals surface area contributed by atoms with E-state index >= 15 is 0 Å². The predicted molar refractivity (Wildman–Crippen MR) is 103 cm³/mol. The number of H-pyrrole nitrogens is 1. The number of hydrogen-bond acceptors (Lipinski definition) is 6. The van der Waals surface area contributed by atoms with E-state index in [1.807, 2.05) is 6.92 Å². The molecule has 28 heavy (non-hydrogen) atoms. The number of benzene rings is 1. The van der Waals surface area contributed by atoms with Crippen molar-refractivity contribution in [3.63, 3.8) is 0 Å². The molecule has 12 heteroatoms. The highest BCUT2D eigenvalue weighted by molar-refractivity contribution is 7.91. The number of halogens is 3. The van der Waals surface area contributed by atoms with Crippen molar-refractivity contribution in [1.29, 1.82) is 0 Å². The van der Waals surface area contributed by atoms with Crippen LogP contribution in [0.1, 0.15) is 28.7 Å². The average Bonchev–Trinajstić information content (AvgIpc) is 3.07. The van der Waals surface area contributed by atoms with Crippen LogP contribution < -0.4 is 16.0 Å². The van der Waals surface area contributed by atoms with Crippen molar-refractivity contribution in [3.8, 4) is 0 Å². The maximum absolute atomic E-state index is 12.8. The lowest BCUT2D eigenvalue weighted by molar-refractivity contribution is 0.102. The third kappa shape index (κ3) is 4.26. The van der Waals surface area contributed by atoms with Crippen molar-refractivity contribution in [3.05, 3.63) is 35.2 Å². The van der Waals surface area contributed by atoms with Crippen molar-refractivity contribution in [2.24, 2.45) is 0 Å². The van der Waals surface area contributed by atoms with Gasteiger partial charge in [0, 0.05) is 37.3 Å². The van der Waals surface area contributed by atoms with E-state index in [4.69, 9.17) is 0 Å². The molecule has 1 aromatic heterocycles. The van der Waals surface area contributed by atoms with E-state index in [-0.39, 0.29) is 23.8 Å². The van der Waals surface area contributed by atoms with Crippen LogP contribution in [0.2, 0.25) is 0 Å². The van der Waals surface area contributed by atoms with Gasteiger partial charge in [0.15, 0.2) is 5.69 Å². The summed E-state index contributed by atoms with van der Waals surface area (Å²) < 4.78 is 49.2. The lowest BCUT2D eigenvalue weighted by Crippen LogP contribution is -2.25. The Labute approximate surface area is 166 Å². The quantitative estimate of drug-likeness (QED) is 0.552. The third-order valence-electron chi connectivity index (χ3n) is 4.19. The maximum Gasteiger partial charge on any atom is 0.341 e. The minimum absolute atomic E-state index is 0. The minimum atomic E-state index is -4.78. The summed E-state index contributed by atoms with van der Waals surface area (Å²) in [5.74, 6) is -4.10. The molecular formula is C16H20ClF2N5O3S. The van der Waals surface area contributed by atoms with Crippen molar-refractivity contribution < 1.29 is 22.0 Å². The minimum Gasteiger partial charge on any atom is -0.384 e. The van der Waals surface area contributed by atoms with Gasteiger partial charge in [-0.1, -0.05) is 0 Å². The van der Waals surface area contributed by atoms with Gasteiger partial charge < -0.3 is 16.0 Å². The van der Waals surface area contributed by atoms with Gasteiger partial charge in [0.25, 0.3) is 5.91 Å². The van der Waals surface area contributed by atoms with Crippen molar-refractivity contribution in [2.45, 2.75) is 30.5 Å². The van der Waals surface area contributed by atoms with Crippen LogP contribution in [-0.4, -0.2) is 43.4 Å². The molecule has 0 saturated heterocycles. The lowest BCUT2D eigenvalue weighted by atomic mass is 10.1. The zero-order chi connectivity index (χ0) is 19.6. The molecule has 154 valence electrons. The van der Waals surface area contributed by atoms with Gasteiger partial charge in [0.1, 0.15) is 0 Å². The molecule has 0 atom stereocenters. The Balaban J connectivity index is 0.00000280. The molecule has 1 amide bonds. The third-order valence-corrected chi connectivity index (χ3v) is 5.57. The first kappa shape index (κ1) is 22.1. The topological polar surface area (TPSA) is 116 Å². The normalized spacial score (nSPS) is 13.6. The van der Waals surface area contributed by atoms with Crippen molar-refractivity contribution in [1.82, 2.24) is 15.5 Å². The number of nitrogens with zero attached hydrogens (tertiary/aromatic N) is 1. The van der Waals surface area contributed by atoms with Gasteiger partial charge in [-0.25, -0.2) is 8.42 Å². The first-order valence-corrected chi connectivity index (χ1v) is 9.87. The standard InChI is InChI=1S/C16H19F2N5O3S.ClH/c1-2-20-12-4-3-9(27(25,26)16(17)18)7-13(12)21-15(24)14-10-8-19-6-5-11(10)22-23-14;/h3-4,7,16,19-20H,2,5-6,8H2,1H3,(H,21,24)(H,22,23);1H. The molecule has 8 nitrogen and oxygen atoms in total. The highest BCUT2D eigenvalue weighted by atomic mass is 35.5. The number of anilines is 2. The van der Waals surface area contributed by atoms with E-state index in [0.717, 1.165) is 29.9 Å². The van der Waals surface area contributed by atoms with Crippen LogP contribution in [0.15, 0.2) is 23.1 Å². The van der Waals surface area contributed by atoms with Crippen molar-refractivity contribution in [2.75, 3.05) is 23.7 Å². The average molecular weight is 436 g/mol. The van der Waals surface area contributed by atoms with E-state index in [2.05, 4.69) is 26.1 Å². The molecule has 2 aromatic rings. The summed E-state index contributed by atoms with van der Waals surface area (Å²) in [6.45, 7) is 3.56. The number of sulfone groups is 1. The Morgan fingerprint density at radius 3 is 2.75 bits per heavy atom. The molecule has 0 fully saturated rings.